The van der Waals surface area contributed by atoms with Gasteiger partial charge in [0.25, 0.3) is 0 Å². The zero-order valence-electron chi connectivity index (χ0n) is 13.5. The molecule has 0 amide bonds. The molecule has 0 spiro atoms. The highest BCUT2D eigenvalue weighted by molar-refractivity contribution is 5.29. The molecule has 1 aromatic carbocycles. The number of benzene rings is 1. The summed E-state index contributed by atoms with van der Waals surface area (Å²) in [5.41, 5.74) is 2.88. The van der Waals surface area contributed by atoms with Crippen LogP contribution in [-0.4, -0.2) is 25.8 Å². The summed E-state index contributed by atoms with van der Waals surface area (Å²) in [6.07, 6.45) is 4.38. The molecule has 1 atom stereocenters. The number of ether oxygens (including phenoxy) is 1. The summed E-state index contributed by atoms with van der Waals surface area (Å²) in [4.78, 5) is 0. The first kappa shape index (κ1) is 16.3. The van der Waals surface area contributed by atoms with Crippen molar-refractivity contribution in [3.63, 3.8) is 0 Å². The smallest absolute Gasteiger partial charge is 0.0475 e. The quantitative estimate of drug-likeness (QED) is 0.763. The van der Waals surface area contributed by atoms with Crippen molar-refractivity contribution in [2.45, 2.75) is 51.0 Å². The minimum Gasteiger partial charge on any atom is -0.381 e. The van der Waals surface area contributed by atoms with Crippen LogP contribution < -0.4 is 5.32 Å². The molecule has 1 fully saturated rings. The average Bonchev–Trinajstić information content (AvgIpc) is 2.52. The van der Waals surface area contributed by atoms with Crippen molar-refractivity contribution >= 4 is 0 Å². The van der Waals surface area contributed by atoms with E-state index in [0.29, 0.717) is 6.04 Å². The van der Waals surface area contributed by atoms with Gasteiger partial charge in [-0.05, 0) is 44.7 Å². The SMILES string of the molecule is C=C(C)CC(NCCC)C1(c2ccccc2)CCOCC1. The Kier molecular flexibility index (Phi) is 6.01. The van der Waals surface area contributed by atoms with Crippen LogP contribution in [0, 0.1) is 0 Å². The van der Waals surface area contributed by atoms with E-state index < -0.39 is 0 Å². The van der Waals surface area contributed by atoms with Crippen LogP contribution in [0.25, 0.3) is 0 Å². The van der Waals surface area contributed by atoms with Crippen molar-refractivity contribution in [3.8, 4) is 0 Å². The fraction of sp³-hybridized carbons (Fsp3) is 0.579. The van der Waals surface area contributed by atoms with Crippen LogP contribution in [0.3, 0.4) is 0 Å². The molecular formula is C19H29NO. The van der Waals surface area contributed by atoms with E-state index in [4.69, 9.17) is 4.74 Å². The molecule has 0 aromatic heterocycles. The maximum atomic E-state index is 5.66. The largest absolute Gasteiger partial charge is 0.381 e. The topological polar surface area (TPSA) is 21.3 Å². The Hall–Kier alpha value is -1.12. The van der Waals surface area contributed by atoms with E-state index in [1.165, 1.54) is 11.1 Å². The van der Waals surface area contributed by atoms with Gasteiger partial charge < -0.3 is 10.1 Å². The van der Waals surface area contributed by atoms with E-state index in [1.54, 1.807) is 0 Å². The van der Waals surface area contributed by atoms with Crippen LogP contribution in [-0.2, 0) is 10.2 Å². The summed E-state index contributed by atoms with van der Waals surface area (Å²) in [7, 11) is 0. The third-order valence-electron chi connectivity index (χ3n) is 4.59. The number of nitrogens with one attached hydrogen (secondary N) is 1. The molecule has 0 radical (unpaired) electrons. The van der Waals surface area contributed by atoms with E-state index in [-0.39, 0.29) is 5.41 Å². The zero-order valence-corrected chi connectivity index (χ0v) is 13.5. The fourth-order valence-corrected chi connectivity index (χ4v) is 3.47. The van der Waals surface area contributed by atoms with Crippen molar-refractivity contribution in [1.82, 2.24) is 5.32 Å². The lowest BCUT2D eigenvalue weighted by Gasteiger charge is -2.45. The summed E-state index contributed by atoms with van der Waals surface area (Å²) in [5, 5.41) is 3.79. The predicted octanol–water partition coefficient (Wildman–Crippen LogP) is 4.07. The Morgan fingerprint density at radius 2 is 1.95 bits per heavy atom. The lowest BCUT2D eigenvalue weighted by Crippen LogP contribution is -2.51. The zero-order chi connectivity index (χ0) is 15.1. The molecule has 116 valence electrons. The van der Waals surface area contributed by atoms with Crippen LogP contribution in [0.4, 0.5) is 0 Å². The van der Waals surface area contributed by atoms with Crippen LogP contribution in [0.15, 0.2) is 42.5 Å². The first-order valence-corrected chi connectivity index (χ1v) is 8.20. The van der Waals surface area contributed by atoms with E-state index in [2.05, 4.69) is 56.1 Å². The molecule has 0 saturated carbocycles. The Morgan fingerprint density at radius 1 is 1.29 bits per heavy atom. The monoisotopic (exact) mass is 287 g/mol. The minimum atomic E-state index is 0.174. The average molecular weight is 287 g/mol. The van der Waals surface area contributed by atoms with Crippen molar-refractivity contribution in [2.75, 3.05) is 19.8 Å². The molecule has 0 aliphatic carbocycles. The Bertz CT molecular complexity index is 434. The molecule has 1 aliphatic heterocycles. The Labute approximate surface area is 129 Å². The van der Waals surface area contributed by atoms with Gasteiger partial charge in [0.1, 0.15) is 0 Å². The van der Waals surface area contributed by atoms with Crippen LogP contribution in [0.2, 0.25) is 0 Å². The number of hydrogen-bond acceptors (Lipinski definition) is 2. The molecule has 1 N–H and O–H groups in total. The van der Waals surface area contributed by atoms with Gasteiger partial charge in [-0.2, -0.15) is 0 Å². The van der Waals surface area contributed by atoms with Gasteiger partial charge in [0.05, 0.1) is 0 Å². The van der Waals surface area contributed by atoms with Crippen molar-refractivity contribution in [1.29, 1.82) is 0 Å². The van der Waals surface area contributed by atoms with Gasteiger partial charge in [-0.25, -0.2) is 0 Å². The summed E-state index contributed by atoms with van der Waals surface area (Å²) in [5.74, 6) is 0. The molecule has 2 rings (SSSR count). The molecule has 2 heteroatoms. The molecule has 0 bridgehead atoms. The van der Waals surface area contributed by atoms with Gasteiger partial charge in [-0.15, -0.1) is 6.58 Å². The normalized spacial score (nSPS) is 19.1. The summed E-state index contributed by atoms with van der Waals surface area (Å²) in [6, 6.07) is 11.4. The third kappa shape index (κ3) is 3.96. The second-order valence-electron chi connectivity index (χ2n) is 6.30. The highest BCUT2D eigenvalue weighted by Crippen LogP contribution is 2.40. The van der Waals surface area contributed by atoms with Gasteiger partial charge in [-0.1, -0.05) is 42.8 Å². The van der Waals surface area contributed by atoms with Crippen molar-refractivity contribution < 1.29 is 4.74 Å². The lowest BCUT2D eigenvalue weighted by atomic mass is 9.67. The van der Waals surface area contributed by atoms with Gasteiger partial charge in [0, 0.05) is 24.7 Å². The second-order valence-corrected chi connectivity index (χ2v) is 6.30. The first-order valence-electron chi connectivity index (χ1n) is 8.20. The summed E-state index contributed by atoms with van der Waals surface area (Å²) >= 11 is 0. The van der Waals surface area contributed by atoms with Crippen LogP contribution in [0.5, 0.6) is 0 Å². The van der Waals surface area contributed by atoms with Crippen LogP contribution in [0.1, 0.15) is 45.1 Å². The van der Waals surface area contributed by atoms with Gasteiger partial charge in [0.15, 0.2) is 0 Å². The lowest BCUT2D eigenvalue weighted by molar-refractivity contribution is 0.0343. The second kappa shape index (κ2) is 7.77. The summed E-state index contributed by atoms with van der Waals surface area (Å²) in [6.45, 7) is 11.3. The fourth-order valence-electron chi connectivity index (χ4n) is 3.47. The number of hydrogen-bond donors (Lipinski definition) is 1. The van der Waals surface area contributed by atoms with Crippen molar-refractivity contribution in [2.24, 2.45) is 0 Å². The Morgan fingerprint density at radius 3 is 2.52 bits per heavy atom. The number of rotatable bonds is 7. The molecule has 21 heavy (non-hydrogen) atoms. The van der Waals surface area contributed by atoms with Gasteiger partial charge in [-0.3, -0.25) is 0 Å². The molecule has 1 unspecified atom stereocenters. The molecule has 2 nitrogen and oxygen atoms in total. The first-order chi connectivity index (χ1) is 10.2. The minimum absolute atomic E-state index is 0.174. The Balaban J connectivity index is 2.33. The van der Waals surface area contributed by atoms with E-state index in [0.717, 1.165) is 45.4 Å². The molecule has 1 aromatic rings. The highest BCUT2D eigenvalue weighted by atomic mass is 16.5. The van der Waals surface area contributed by atoms with E-state index in [9.17, 15) is 0 Å². The maximum Gasteiger partial charge on any atom is 0.0475 e. The van der Waals surface area contributed by atoms with Crippen LogP contribution >= 0.6 is 0 Å². The third-order valence-corrected chi connectivity index (χ3v) is 4.59. The molecule has 1 aliphatic rings. The highest BCUT2D eigenvalue weighted by Gasteiger charge is 2.41. The summed E-state index contributed by atoms with van der Waals surface area (Å²) < 4.78 is 5.66. The predicted molar refractivity (Wildman–Crippen MR) is 89.7 cm³/mol. The molecule has 1 saturated heterocycles. The van der Waals surface area contributed by atoms with Crippen molar-refractivity contribution in [3.05, 3.63) is 48.0 Å². The standard InChI is InChI=1S/C19H29NO/c1-4-12-20-18(15-16(2)3)19(10-13-21-14-11-19)17-8-6-5-7-9-17/h5-9,18,20H,2,4,10-15H2,1,3H3. The van der Waals surface area contributed by atoms with E-state index >= 15 is 0 Å². The maximum absolute atomic E-state index is 5.66. The molecular weight excluding hydrogens is 258 g/mol. The van der Waals surface area contributed by atoms with E-state index in [1.807, 2.05) is 0 Å². The molecule has 1 heterocycles. The van der Waals surface area contributed by atoms with Gasteiger partial charge >= 0.3 is 0 Å². The van der Waals surface area contributed by atoms with Gasteiger partial charge in [0.2, 0.25) is 0 Å².